The minimum Gasteiger partial charge on any atom is -0.483 e. The first-order valence-corrected chi connectivity index (χ1v) is 7.79. The van der Waals surface area contributed by atoms with Crippen LogP contribution in [0.15, 0.2) is 25.6 Å². The Morgan fingerprint density at radius 2 is 2.00 bits per heavy atom. The molecule has 0 saturated heterocycles. The van der Waals surface area contributed by atoms with E-state index >= 15 is 0 Å². The molecule has 0 saturated carbocycles. The van der Waals surface area contributed by atoms with E-state index in [1.807, 2.05) is 26.1 Å². The molecule has 0 fully saturated rings. The average Bonchev–Trinajstić information content (AvgIpc) is 2.86. The van der Waals surface area contributed by atoms with Gasteiger partial charge in [-0.25, -0.2) is 0 Å². The molecule has 0 unspecified atom stereocenters. The fourth-order valence-corrected chi connectivity index (χ4v) is 3.20. The van der Waals surface area contributed by atoms with E-state index < -0.39 is 0 Å². The van der Waals surface area contributed by atoms with Crippen molar-refractivity contribution in [1.82, 2.24) is 15.5 Å². The summed E-state index contributed by atoms with van der Waals surface area (Å²) in [6.07, 6.45) is 0.721. The highest BCUT2D eigenvalue weighted by molar-refractivity contribution is 9.11. The van der Waals surface area contributed by atoms with Gasteiger partial charge in [0.1, 0.15) is 5.75 Å². The Hall–Kier alpha value is -0.920. The number of hydrogen-bond donors (Lipinski definition) is 1. The zero-order valence-corrected chi connectivity index (χ0v) is 14.4. The van der Waals surface area contributed by atoms with Crippen LogP contribution in [0.2, 0.25) is 0 Å². The standard InChI is InChI=1S/C13H15Br2N3O2/c1-3-12-17-11(18-20-12)7-19-13-9(14)4-8(6-16-2)5-10(13)15/h4-5,16H,3,6-7H2,1-2H3. The second kappa shape index (κ2) is 7.19. The highest BCUT2D eigenvalue weighted by atomic mass is 79.9. The van der Waals surface area contributed by atoms with Crippen LogP contribution in [-0.4, -0.2) is 17.2 Å². The highest BCUT2D eigenvalue weighted by Gasteiger charge is 2.11. The Morgan fingerprint density at radius 3 is 2.55 bits per heavy atom. The lowest BCUT2D eigenvalue weighted by Gasteiger charge is -2.11. The summed E-state index contributed by atoms with van der Waals surface area (Å²) in [7, 11) is 1.91. The Labute approximate surface area is 134 Å². The fourth-order valence-electron chi connectivity index (χ4n) is 1.69. The Morgan fingerprint density at radius 1 is 1.30 bits per heavy atom. The van der Waals surface area contributed by atoms with Gasteiger partial charge in [0.05, 0.1) is 8.95 Å². The van der Waals surface area contributed by atoms with E-state index in [1.54, 1.807) is 0 Å². The zero-order chi connectivity index (χ0) is 14.5. The third-order valence-corrected chi connectivity index (χ3v) is 3.78. The lowest BCUT2D eigenvalue weighted by Crippen LogP contribution is -2.06. The van der Waals surface area contributed by atoms with Crippen molar-refractivity contribution < 1.29 is 9.26 Å². The van der Waals surface area contributed by atoms with Gasteiger partial charge in [-0.2, -0.15) is 4.98 Å². The maximum Gasteiger partial charge on any atom is 0.226 e. The van der Waals surface area contributed by atoms with Gasteiger partial charge in [0.25, 0.3) is 0 Å². The maximum absolute atomic E-state index is 5.75. The van der Waals surface area contributed by atoms with E-state index in [9.17, 15) is 0 Å². The molecule has 0 spiro atoms. The topological polar surface area (TPSA) is 60.2 Å². The third kappa shape index (κ3) is 3.80. The molecule has 1 heterocycles. The Balaban J connectivity index is 2.09. The number of nitrogens with zero attached hydrogens (tertiary/aromatic N) is 2. The SMILES string of the molecule is CCc1nc(COc2c(Br)cc(CNC)cc2Br)no1. The molecule has 20 heavy (non-hydrogen) atoms. The van der Waals surface area contributed by atoms with Crippen LogP contribution >= 0.6 is 31.9 Å². The van der Waals surface area contributed by atoms with Crippen molar-refractivity contribution in [3.8, 4) is 5.75 Å². The van der Waals surface area contributed by atoms with Crippen LogP contribution in [0, 0.1) is 0 Å². The lowest BCUT2D eigenvalue weighted by atomic mass is 10.2. The fraction of sp³-hybridized carbons (Fsp3) is 0.385. The molecule has 5 nitrogen and oxygen atoms in total. The smallest absolute Gasteiger partial charge is 0.226 e. The summed E-state index contributed by atoms with van der Waals surface area (Å²) in [5.74, 6) is 1.89. The van der Waals surface area contributed by atoms with Crippen LogP contribution in [0.1, 0.15) is 24.2 Å². The van der Waals surface area contributed by atoms with E-state index in [0.29, 0.717) is 11.7 Å². The molecule has 0 aliphatic rings. The number of rotatable bonds is 6. The number of nitrogens with one attached hydrogen (secondary N) is 1. The van der Waals surface area contributed by atoms with Crippen LogP contribution in [0.25, 0.3) is 0 Å². The molecule has 0 aliphatic heterocycles. The van der Waals surface area contributed by atoms with E-state index in [2.05, 4.69) is 47.3 Å². The molecule has 7 heteroatoms. The summed E-state index contributed by atoms with van der Waals surface area (Å²) in [4.78, 5) is 4.21. The molecule has 0 bridgehead atoms. The van der Waals surface area contributed by atoms with Gasteiger partial charge in [-0.3, -0.25) is 0 Å². The van der Waals surface area contributed by atoms with Gasteiger partial charge >= 0.3 is 0 Å². The summed E-state index contributed by atoms with van der Waals surface area (Å²) in [6, 6.07) is 4.04. The summed E-state index contributed by atoms with van der Waals surface area (Å²) >= 11 is 7.03. The van der Waals surface area contributed by atoms with Gasteiger partial charge in [-0.15, -0.1) is 0 Å². The minimum absolute atomic E-state index is 0.270. The number of halogens is 2. The summed E-state index contributed by atoms with van der Waals surface area (Å²) < 4.78 is 12.6. The largest absolute Gasteiger partial charge is 0.483 e. The molecule has 2 aromatic rings. The second-order valence-corrected chi connectivity index (χ2v) is 5.87. The first-order valence-electron chi connectivity index (χ1n) is 6.20. The molecule has 1 N–H and O–H groups in total. The van der Waals surface area contributed by atoms with Gasteiger partial charge in [0, 0.05) is 13.0 Å². The molecule has 0 amide bonds. The summed E-state index contributed by atoms with van der Waals surface area (Å²) in [5.41, 5.74) is 1.16. The van der Waals surface area contributed by atoms with Crippen LogP contribution in [0.4, 0.5) is 0 Å². The predicted molar refractivity (Wildman–Crippen MR) is 82.6 cm³/mol. The van der Waals surface area contributed by atoms with E-state index in [1.165, 1.54) is 0 Å². The zero-order valence-electron chi connectivity index (χ0n) is 11.2. The van der Waals surface area contributed by atoms with E-state index in [-0.39, 0.29) is 6.61 Å². The van der Waals surface area contributed by atoms with Gasteiger partial charge in [0.15, 0.2) is 6.61 Å². The molecular weight excluding hydrogens is 390 g/mol. The van der Waals surface area contributed by atoms with E-state index in [4.69, 9.17) is 9.26 Å². The first-order chi connectivity index (χ1) is 9.63. The first kappa shape index (κ1) is 15.5. The molecule has 108 valence electrons. The molecule has 0 atom stereocenters. The van der Waals surface area contributed by atoms with Crippen LogP contribution in [0.3, 0.4) is 0 Å². The van der Waals surface area contributed by atoms with Crippen molar-refractivity contribution in [3.05, 3.63) is 38.4 Å². The predicted octanol–water partition coefficient (Wildman–Crippen LogP) is 3.46. The van der Waals surface area contributed by atoms with Crippen LogP contribution in [0.5, 0.6) is 5.75 Å². The van der Waals surface area contributed by atoms with Crippen molar-refractivity contribution in [2.75, 3.05) is 7.05 Å². The number of ether oxygens (including phenoxy) is 1. The second-order valence-electron chi connectivity index (χ2n) is 4.17. The highest BCUT2D eigenvalue weighted by Crippen LogP contribution is 2.35. The third-order valence-electron chi connectivity index (χ3n) is 2.60. The molecule has 2 rings (SSSR count). The van der Waals surface area contributed by atoms with Crippen molar-refractivity contribution in [1.29, 1.82) is 0 Å². The Kier molecular flexibility index (Phi) is 5.56. The molecular formula is C13H15Br2N3O2. The maximum atomic E-state index is 5.75. The number of aryl methyl sites for hydroxylation is 1. The van der Waals surface area contributed by atoms with Crippen molar-refractivity contribution in [2.45, 2.75) is 26.5 Å². The normalized spacial score (nSPS) is 10.8. The van der Waals surface area contributed by atoms with Crippen molar-refractivity contribution >= 4 is 31.9 Å². The monoisotopic (exact) mass is 403 g/mol. The molecule has 0 radical (unpaired) electrons. The Bertz CT molecular complexity index is 564. The molecule has 1 aromatic carbocycles. The van der Waals surface area contributed by atoms with Crippen LogP contribution in [-0.2, 0) is 19.6 Å². The average molecular weight is 405 g/mol. The van der Waals surface area contributed by atoms with Crippen LogP contribution < -0.4 is 10.1 Å². The van der Waals surface area contributed by atoms with Crippen molar-refractivity contribution in [2.24, 2.45) is 0 Å². The van der Waals surface area contributed by atoms with Crippen molar-refractivity contribution in [3.63, 3.8) is 0 Å². The van der Waals surface area contributed by atoms with Gasteiger partial charge in [-0.1, -0.05) is 12.1 Å². The number of benzene rings is 1. The molecule has 0 aliphatic carbocycles. The molecule has 1 aromatic heterocycles. The number of aromatic nitrogens is 2. The number of hydrogen-bond acceptors (Lipinski definition) is 5. The lowest BCUT2D eigenvalue weighted by molar-refractivity contribution is 0.282. The quantitative estimate of drug-likeness (QED) is 0.798. The summed E-state index contributed by atoms with van der Waals surface area (Å²) in [6.45, 7) is 3.03. The van der Waals surface area contributed by atoms with Gasteiger partial charge in [0.2, 0.25) is 11.7 Å². The van der Waals surface area contributed by atoms with Gasteiger partial charge in [-0.05, 0) is 56.6 Å². The van der Waals surface area contributed by atoms with Gasteiger partial charge < -0.3 is 14.6 Å². The summed E-state index contributed by atoms with van der Waals surface area (Å²) in [5, 5.41) is 6.97. The minimum atomic E-state index is 0.270. The van der Waals surface area contributed by atoms with E-state index in [0.717, 1.165) is 33.2 Å².